The number of rotatable bonds is 10. The first kappa shape index (κ1) is 20.2. The Morgan fingerprint density at radius 2 is 1.61 bits per heavy atom. The van der Waals surface area contributed by atoms with E-state index < -0.39 is 11.8 Å². The number of hydrogen-bond acceptors (Lipinski definition) is 4. The molecule has 1 saturated carbocycles. The minimum absolute atomic E-state index is 0.101. The predicted molar refractivity (Wildman–Crippen MR) is 91.2 cm³/mol. The summed E-state index contributed by atoms with van der Waals surface area (Å²) >= 11 is 0. The van der Waals surface area contributed by atoms with E-state index in [-0.39, 0.29) is 18.1 Å². The molecule has 0 aliphatic heterocycles. The minimum Gasteiger partial charge on any atom is -0.378 e. The van der Waals surface area contributed by atoms with Crippen LogP contribution in [-0.4, -0.2) is 31.3 Å². The fourth-order valence-corrected chi connectivity index (χ4v) is 3.33. The Morgan fingerprint density at radius 1 is 1.04 bits per heavy atom. The van der Waals surface area contributed by atoms with E-state index in [9.17, 15) is 9.70 Å². The van der Waals surface area contributed by atoms with Crippen molar-refractivity contribution in [3.63, 3.8) is 0 Å². The van der Waals surface area contributed by atoms with Crippen molar-refractivity contribution in [1.29, 1.82) is 0 Å². The first-order valence-corrected chi connectivity index (χ1v) is 9.15. The molecule has 0 radical (unpaired) electrons. The molecule has 0 saturated heterocycles. The van der Waals surface area contributed by atoms with Crippen LogP contribution in [0.4, 0.5) is 0 Å². The molecule has 1 fully saturated rings. The van der Waals surface area contributed by atoms with Crippen molar-refractivity contribution in [1.82, 2.24) is 0 Å². The number of amides is 1. The van der Waals surface area contributed by atoms with Crippen molar-refractivity contribution in [2.45, 2.75) is 78.4 Å². The monoisotopic (exact) mass is 327 g/mol. The lowest BCUT2D eigenvalue weighted by Gasteiger charge is -2.41. The molecule has 1 amide bonds. The van der Waals surface area contributed by atoms with Crippen LogP contribution in [0.2, 0.25) is 0 Å². The first-order chi connectivity index (χ1) is 11.0. The molecular formula is C18H33NO4. The number of nitroso groups, excluding NO2 is 1. The average molecular weight is 327 g/mol. The topological polar surface area (TPSA) is 65.0 Å². The van der Waals surface area contributed by atoms with E-state index in [0.29, 0.717) is 25.4 Å². The summed E-state index contributed by atoms with van der Waals surface area (Å²) in [7, 11) is 0. The zero-order valence-electron chi connectivity index (χ0n) is 15.1. The third-order valence-electron chi connectivity index (χ3n) is 4.84. The first-order valence-electron chi connectivity index (χ1n) is 9.15. The van der Waals surface area contributed by atoms with Crippen LogP contribution in [0.25, 0.3) is 0 Å². The highest BCUT2D eigenvalue weighted by atomic mass is 16.5. The minimum atomic E-state index is -0.566. The Morgan fingerprint density at radius 3 is 2.09 bits per heavy atom. The van der Waals surface area contributed by atoms with E-state index in [0.717, 1.165) is 32.3 Å². The van der Waals surface area contributed by atoms with Gasteiger partial charge >= 0.3 is 0 Å². The highest BCUT2D eigenvalue weighted by molar-refractivity contribution is 5.80. The molecule has 5 heteroatoms. The van der Waals surface area contributed by atoms with E-state index in [1.165, 1.54) is 0 Å². The highest BCUT2D eigenvalue weighted by Crippen LogP contribution is 2.38. The maximum atomic E-state index is 11.9. The van der Waals surface area contributed by atoms with E-state index in [1.54, 1.807) is 0 Å². The van der Waals surface area contributed by atoms with Gasteiger partial charge in [0.05, 0.1) is 18.1 Å². The summed E-state index contributed by atoms with van der Waals surface area (Å²) in [5, 5.41) is 2.68. The van der Waals surface area contributed by atoms with Crippen LogP contribution >= 0.6 is 0 Å². The lowest BCUT2D eigenvalue weighted by Crippen LogP contribution is -2.46. The Labute approximate surface area is 140 Å². The molecule has 5 nitrogen and oxygen atoms in total. The number of nitrogens with zero attached hydrogens (tertiary/aromatic N) is 1. The van der Waals surface area contributed by atoms with Crippen LogP contribution < -0.4 is 0 Å². The largest absolute Gasteiger partial charge is 0.378 e. The summed E-state index contributed by atoms with van der Waals surface area (Å²) < 4.78 is 12.0. The number of unbranched alkanes of at least 4 members (excludes halogenated alkanes) is 2. The van der Waals surface area contributed by atoms with Gasteiger partial charge in [0.25, 0.3) is 5.91 Å². The molecule has 1 aliphatic carbocycles. The van der Waals surface area contributed by atoms with Gasteiger partial charge in [-0.3, -0.25) is 4.79 Å². The molecule has 0 spiro atoms. The predicted octanol–water partition coefficient (Wildman–Crippen LogP) is 4.33. The fraction of sp³-hybridized carbons (Fsp3) is 0.944. The SMILES string of the molecule is CCCCOC1CC(OCCCC)C(C(C)C)CC1C(=O)N=O. The van der Waals surface area contributed by atoms with E-state index in [2.05, 4.69) is 32.9 Å². The molecule has 0 bridgehead atoms. The Balaban J connectivity index is 2.78. The summed E-state index contributed by atoms with van der Waals surface area (Å²) in [5.74, 6) is -0.305. The van der Waals surface area contributed by atoms with Crippen LogP contribution in [0.15, 0.2) is 5.18 Å². The highest BCUT2D eigenvalue weighted by Gasteiger charge is 2.43. The summed E-state index contributed by atoms with van der Waals surface area (Å²) in [6.07, 6.45) is 5.32. The smallest absolute Gasteiger partial charge is 0.292 e. The van der Waals surface area contributed by atoms with Crippen LogP contribution in [0.3, 0.4) is 0 Å². The standard InChI is InChI=1S/C18H33NO4/c1-5-7-9-22-16-12-17(23-10-8-6-2)15(18(20)19-21)11-14(16)13(3)4/h13-17H,5-12H2,1-4H3. The molecule has 0 aromatic rings. The molecule has 1 aliphatic rings. The molecule has 4 atom stereocenters. The van der Waals surface area contributed by atoms with Crippen LogP contribution in [0, 0.1) is 22.7 Å². The summed E-state index contributed by atoms with van der Waals surface area (Å²) in [4.78, 5) is 22.7. The van der Waals surface area contributed by atoms with Gasteiger partial charge in [0.1, 0.15) is 0 Å². The summed E-state index contributed by atoms with van der Waals surface area (Å²) in [5.41, 5.74) is 0. The van der Waals surface area contributed by atoms with Crippen molar-refractivity contribution in [3.05, 3.63) is 4.91 Å². The van der Waals surface area contributed by atoms with Gasteiger partial charge in [-0.1, -0.05) is 40.5 Å². The third kappa shape index (κ3) is 6.30. The quantitative estimate of drug-likeness (QED) is 0.442. The fourth-order valence-electron chi connectivity index (χ4n) is 3.33. The van der Waals surface area contributed by atoms with Gasteiger partial charge in [0.2, 0.25) is 0 Å². The van der Waals surface area contributed by atoms with Crippen molar-refractivity contribution in [2.24, 2.45) is 22.9 Å². The van der Waals surface area contributed by atoms with Gasteiger partial charge in [-0.25, -0.2) is 0 Å². The number of ether oxygens (including phenoxy) is 2. The Bertz CT molecular complexity index is 359. The average Bonchev–Trinajstić information content (AvgIpc) is 2.54. The van der Waals surface area contributed by atoms with Crippen molar-refractivity contribution < 1.29 is 14.3 Å². The van der Waals surface area contributed by atoms with Crippen LogP contribution in [-0.2, 0) is 14.3 Å². The Kier molecular flexibility index (Phi) is 9.56. The van der Waals surface area contributed by atoms with Gasteiger partial charge in [-0.2, -0.15) is 0 Å². The van der Waals surface area contributed by atoms with E-state index in [1.807, 2.05) is 0 Å². The second-order valence-electron chi connectivity index (χ2n) is 6.94. The summed E-state index contributed by atoms with van der Waals surface area (Å²) in [6, 6.07) is 0. The van der Waals surface area contributed by atoms with E-state index >= 15 is 0 Å². The maximum absolute atomic E-state index is 11.9. The van der Waals surface area contributed by atoms with Gasteiger partial charge in [0.15, 0.2) is 0 Å². The molecular weight excluding hydrogens is 294 g/mol. The lowest BCUT2D eigenvalue weighted by atomic mass is 9.72. The second-order valence-corrected chi connectivity index (χ2v) is 6.94. The van der Waals surface area contributed by atoms with Crippen molar-refractivity contribution in [3.8, 4) is 0 Å². The number of carbonyl (C=O) groups excluding carboxylic acids is 1. The zero-order valence-corrected chi connectivity index (χ0v) is 15.1. The number of hydrogen-bond donors (Lipinski definition) is 0. The van der Waals surface area contributed by atoms with Crippen molar-refractivity contribution >= 4 is 5.91 Å². The molecule has 23 heavy (non-hydrogen) atoms. The maximum Gasteiger partial charge on any atom is 0.292 e. The third-order valence-corrected chi connectivity index (χ3v) is 4.84. The molecule has 0 heterocycles. The molecule has 0 N–H and O–H groups in total. The van der Waals surface area contributed by atoms with Gasteiger partial charge < -0.3 is 9.47 Å². The molecule has 0 aromatic heterocycles. The molecule has 0 aromatic carbocycles. The van der Waals surface area contributed by atoms with Crippen molar-refractivity contribution in [2.75, 3.05) is 13.2 Å². The zero-order chi connectivity index (χ0) is 17.2. The normalized spacial score (nSPS) is 28.0. The van der Waals surface area contributed by atoms with Gasteiger partial charge in [-0.05, 0) is 31.1 Å². The lowest BCUT2D eigenvalue weighted by molar-refractivity contribution is -0.141. The summed E-state index contributed by atoms with van der Waals surface area (Å²) in [6.45, 7) is 9.91. The van der Waals surface area contributed by atoms with Crippen LogP contribution in [0.5, 0.6) is 0 Å². The van der Waals surface area contributed by atoms with E-state index in [4.69, 9.17) is 9.47 Å². The Hall–Kier alpha value is -0.810. The second kappa shape index (κ2) is 10.9. The van der Waals surface area contributed by atoms with Crippen LogP contribution in [0.1, 0.15) is 66.2 Å². The van der Waals surface area contributed by atoms with Gasteiger partial charge in [0, 0.05) is 24.8 Å². The number of carbonyl (C=O) groups is 1. The van der Waals surface area contributed by atoms with Gasteiger partial charge in [-0.15, -0.1) is 4.91 Å². The molecule has 1 rings (SSSR count). The molecule has 134 valence electrons. The molecule has 4 unspecified atom stereocenters.